The smallest absolute Gasteiger partial charge is 0.416 e. The lowest BCUT2D eigenvalue weighted by Crippen LogP contribution is -2.50. The Labute approximate surface area is 248 Å². The highest BCUT2D eigenvalue weighted by Gasteiger charge is 2.30. The van der Waals surface area contributed by atoms with E-state index >= 15 is 0 Å². The summed E-state index contributed by atoms with van der Waals surface area (Å²) >= 11 is 0. The first kappa shape index (κ1) is 31.0. The Morgan fingerprint density at radius 3 is 2.05 bits per heavy atom. The van der Waals surface area contributed by atoms with E-state index in [9.17, 15) is 22.8 Å². The van der Waals surface area contributed by atoms with Crippen LogP contribution < -0.4 is 10.6 Å². The quantitative estimate of drug-likeness (QED) is 0.192. The van der Waals surface area contributed by atoms with Crippen LogP contribution in [0.3, 0.4) is 0 Å². The first-order chi connectivity index (χ1) is 20.8. The van der Waals surface area contributed by atoms with Gasteiger partial charge in [-0.05, 0) is 47.7 Å². The minimum atomic E-state index is -4.50. The van der Waals surface area contributed by atoms with Gasteiger partial charge in [0.1, 0.15) is 12.6 Å². The monoisotopic (exact) mass is 587 g/mol. The molecule has 0 unspecified atom stereocenters. The maximum Gasteiger partial charge on any atom is 0.416 e. The first-order valence-corrected chi connectivity index (χ1v) is 13.8. The number of aromatic nitrogens is 1. The molecule has 4 aromatic rings. The number of benzene rings is 3. The molecule has 2 N–H and O–H groups in total. The number of ether oxygens (including phenoxy) is 1. The molecule has 6 nitrogen and oxygen atoms in total. The number of carbonyl (C=O) groups is 2. The van der Waals surface area contributed by atoms with Crippen LogP contribution in [0.25, 0.3) is 6.08 Å². The zero-order chi connectivity index (χ0) is 30.5. The summed E-state index contributed by atoms with van der Waals surface area (Å²) in [6, 6.07) is 28.4. The summed E-state index contributed by atoms with van der Waals surface area (Å²) in [7, 11) is 0. The Morgan fingerprint density at radius 2 is 1.42 bits per heavy atom. The number of rotatable bonds is 12. The lowest BCUT2D eigenvalue weighted by molar-refractivity contribution is -0.137. The molecule has 43 heavy (non-hydrogen) atoms. The molecular weight excluding hydrogens is 555 g/mol. The van der Waals surface area contributed by atoms with E-state index in [-0.39, 0.29) is 18.7 Å². The predicted octanol–water partition coefficient (Wildman–Crippen LogP) is 6.77. The van der Waals surface area contributed by atoms with Crippen molar-refractivity contribution in [3.05, 3.63) is 143 Å². The van der Waals surface area contributed by atoms with Crippen molar-refractivity contribution < 1.29 is 27.5 Å². The van der Waals surface area contributed by atoms with Gasteiger partial charge in [0, 0.05) is 18.7 Å². The molecule has 0 aliphatic heterocycles. The highest BCUT2D eigenvalue weighted by atomic mass is 19.4. The third-order valence-electron chi connectivity index (χ3n) is 6.63. The van der Waals surface area contributed by atoms with Gasteiger partial charge >= 0.3 is 12.3 Å². The van der Waals surface area contributed by atoms with Crippen molar-refractivity contribution in [2.75, 3.05) is 0 Å². The Hall–Kier alpha value is -4.92. The van der Waals surface area contributed by atoms with Crippen LogP contribution in [0.1, 0.15) is 34.4 Å². The van der Waals surface area contributed by atoms with Crippen LogP contribution in [0, 0.1) is 0 Å². The third kappa shape index (κ3) is 10.5. The van der Waals surface area contributed by atoms with E-state index in [2.05, 4.69) is 15.6 Å². The number of pyridine rings is 1. The maximum absolute atomic E-state index is 13.6. The number of halogens is 3. The molecule has 0 spiro atoms. The van der Waals surface area contributed by atoms with E-state index in [1.807, 2.05) is 91.0 Å². The van der Waals surface area contributed by atoms with E-state index in [0.717, 1.165) is 35.0 Å². The van der Waals surface area contributed by atoms with Crippen LogP contribution in [0.5, 0.6) is 0 Å². The maximum atomic E-state index is 13.6. The van der Waals surface area contributed by atoms with Crippen LogP contribution in [0.2, 0.25) is 0 Å². The Kier molecular flexibility index (Phi) is 11.1. The van der Waals surface area contributed by atoms with Gasteiger partial charge in [-0.15, -0.1) is 0 Å². The largest absolute Gasteiger partial charge is 0.445 e. The molecular formula is C34H32F3N3O3. The number of aryl methyl sites for hydroxylation is 1. The molecule has 0 radical (unpaired) electrons. The Morgan fingerprint density at radius 1 is 0.814 bits per heavy atom. The van der Waals surface area contributed by atoms with Crippen LogP contribution in [0.15, 0.2) is 115 Å². The van der Waals surface area contributed by atoms with Crippen molar-refractivity contribution in [3.8, 4) is 0 Å². The highest BCUT2D eigenvalue weighted by molar-refractivity contribution is 5.86. The number of alkyl halides is 3. The molecule has 0 saturated heterocycles. The van der Waals surface area contributed by atoms with Gasteiger partial charge in [0.2, 0.25) is 5.91 Å². The van der Waals surface area contributed by atoms with Gasteiger partial charge in [0.15, 0.2) is 0 Å². The molecule has 0 aliphatic carbocycles. The van der Waals surface area contributed by atoms with Gasteiger partial charge < -0.3 is 15.4 Å². The van der Waals surface area contributed by atoms with Crippen molar-refractivity contribution in [2.45, 2.75) is 44.1 Å². The molecule has 3 aromatic carbocycles. The van der Waals surface area contributed by atoms with Crippen molar-refractivity contribution in [3.63, 3.8) is 0 Å². The van der Waals surface area contributed by atoms with Crippen LogP contribution in [0.4, 0.5) is 18.0 Å². The summed E-state index contributed by atoms with van der Waals surface area (Å²) in [5.74, 6) is -0.458. The number of nitrogens with one attached hydrogen (secondary N) is 2. The topological polar surface area (TPSA) is 80.3 Å². The van der Waals surface area contributed by atoms with E-state index in [1.165, 1.54) is 6.08 Å². The van der Waals surface area contributed by atoms with Gasteiger partial charge in [-0.2, -0.15) is 13.2 Å². The second-order valence-corrected chi connectivity index (χ2v) is 9.91. The first-order valence-electron chi connectivity index (χ1n) is 13.8. The van der Waals surface area contributed by atoms with Gasteiger partial charge in [-0.3, -0.25) is 9.78 Å². The summed E-state index contributed by atoms with van der Waals surface area (Å²) < 4.78 is 45.0. The fourth-order valence-electron chi connectivity index (χ4n) is 4.36. The second kappa shape index (κ2) is 15.3. The molecule has 9 heteroatoms. The fraction of sp³-hybridized carbons (Fsp3) is 0.206. The SMILES string of the molecule is O=C(N[C@@H](Cc1ccccc1)C(=O)N[C@H](/C=C/c1cc(C(F)(F)F)ccn1)CCc1ccccc1)OCc1ccccc1. The molecule has 4 rings (SSSR count). The van der Waals surface area contributed by atoms with Crippen LogP contribution >= 0.6 is 0 Å². The number of hydrogen-bond acceptors (Lipinski definition) is 4. The Bertz CT molecular complexity index is 1480. The third-order valence-corrected chi connectivity index (χ3v) is 6.63. The van der Waals surface area contributed by atoms with Crippen molar-refractivity contribution in [1.29, 1.82) is 0 Å². The van der Waals surface area contributed by atoms with Crippen molar-refractivity contribution >= 4 is 18.1 Å². The number of carbonyl (C=O) groups excluding carboxylic acids is 2. The minimum Gasteiger partial charge on any atom is -0.445 e. The molecule has 0 aliphatic rings. The van der Waals surface area contributed by atoms with Crippen LogP contribution in [-0.2, 0) is 35.2 Å². The second-order valence-electron chi connectivity index (χ2n) is 9.91. The number of amides is 2. The molecule has 0 fully saturated rings. The van der Waals surface area contributed by atoms with Gasteiger partial charge in [0.25, 0.3) is 0 Å². The lowest BCUT2D eigenvalue weighted by Gasteiger charge is -2.22. The lowest BCUT2D eigenvalue weighted by atomic mass is 10.0. The molecule has 1 aromatic heterocycles. The van der Waals surface area contributed by atoms with E-state index < -0.39 is 35.8 Å². The average molecular weight is 588 g/mol. The Balaban J connectivity index is 1.50. The van der Waals surface area contributed by atoms with E-state index in [4.69, 9.17) is 4.74 Å². The van der Waals surface area contributed by atoms with Crippen molar-refractivity contribution in [1.82, 2.24) is 15.6 Å². The average Bonchev–Trinajstić information content (AvgIpc) is 3.02. The van der Waals surface area contributed by atoms with E-state index in [1.54, 1.807) is 6.08 Å². The minimum absolute atomic E-state index is 0.0405. The molecule has 222 valence electrons. The summed E-state index contributed by atoms with van der Waals surface area (Å²) in [4.78, 5) is 30.3. The summed E-state index contributed by atoms with van der Waals surface area (Å²) in [5.41, 5.74) is 1.97. The van der Waals surface area contributed by atoms with Crippen LogP contribution in [-0.4, -0.2) is 29.1 Å². The van der Waals surface area contributed by atoms with E-state index in [0.29, 0.717) is 12.8 Å². The molecule has 0 saturated carbocycles. The molecule has 1 heterocycles. The number of alkyl carbamates (subject to hydrolysis) is 1. The van der Waals surface area contributed by atoms with Gasteiger partial charge in [-0.25, -0.2) is 4.79 Å². The number of nitrogens with zero attached hydrogens (tertiary/aromatic N) is 1. The summed E-state index contributed by atoms with van der Waals surface area (Å²) in [5, 5.41) is 5.63. The zero-order valence-corrected chi connectivity index (χ0v) is 23.3. The molecule has 2 amide bonds. The molecule has 2 atom stereocenters. The normalized spacial score (nSPS) is 12.8. The van der Waals surface area contributed by atoms with Gasteiger partial charge in [0.05, 0.1) is 11.3 Å². The predicted molar refractivity (Wildman–Crippen MR) is 159 cm³/mol. The summed E-state index contributed by atoms with van der Waals surface area (Å²) in [6.45, 7) is 0.0405. The van der Waals surface area contributed by atoms with Crippen molar-refractivity contribution in [2.24, 2.45) is 0 Å². The number of hydrogen-bond donors (Lipinski definition) is 2. The summed E-state index contributed by atoms with van der Waals surface area (Å²) in [6.07, 6.45) is 0.194. The highest BCUT2D eigenvalue weighted by Crippen LogP contribution is 2.29. The molecule has 0 bridgehead atoms. The fourth-order valence-corrected chi connectivity index (χ4v) is 4.36. The van der Waals surface area contributed by atoms with Gasteiger partial charge in [-0.1, -0.05) is 97.1 Å². The zero-order valence-electron chi connectivity index (χ0n) is 23.3. The standard InChI is InChI=1S/C34H32F3N3O3/c35-34(36,37)28-20-21-38-30(23-28)19-18-29(17-16-25-10-4-1-5-11-25)39-32(41)31(22-26-12-6-2-7-13-26)40-33(42)43-24-27-14-8-3-9-15-27/h1-15,18-21,23,29,31H,16-17,22,24H2,(H,39,41)(H,40,42)/b19-18+/t29-,31-/m0/s1.